The molecular weight excluding hydrogens is 220 g/mol. The van der Waals surface area contributed by atoms with Gasteiger partial charge in [-0.15, -0.1) is 0 Å². The smallest absolute Gasteiger partial charge is 0.308 e. The Morgan fingerprint density at radius 3 is 2.41 bits per heavy atom. The molecule has 4 atom stereocenters. The Balaban J connectivity index is 2.04. The van der Waals surface area contributed by atoms with Gasteiger partial charge in [0.05, 0.1) is 11.8 Å². The summed E-state index contributed by atoms with van der Waals surface area (Å²) >= 11 is 0. The summed E-state index contributed by atoms with van der Waals surface area (Å²) in [5, 5.41) is 12.3. The minimum atomic E-state index is -0.787. The largest absolute Gasteiger partial charge is 0.481 e. The number of likely N-dealkylation sites (tertiary alicyclic amines) is 1. The van der Waals surface area contributed by atoms with Gasteiger partial charge in [-0.1, -0.05) is 6.92 Å². The van der Waals surface area contributed by atoms with Crippen LogP contribution in [0, 0.1) is 17.8 Å². The van der Waals surface area contributed by atoms with Crippen molar-refractivity contribution in [3.63, 3.8) is 0 Å². The second-order valence-corrected chi connectivity index (χ2v) is 5.25. The molecule has 0 spiro atoms. The summed E-state index contributed by atoms with van der Waals surface area (Å²) in [6.07, 6.45) is 0.580. The molecular formula is C12H20N2O3. The first-order valence-corrected chi connectivity index (χ1v) is 6.26. The molecule has 0 aromatic carbocycles. The average molecular weight is 240 g/mol. The molecule has 96 valence electrons. The topological polar surface area (TPSA) is 69.6 Å². The number of aliphatic carboxylic acids is 1. The molecule has 0 aliphatic carbocycles. The van der Waals surface area contributed by atoms with Crippen molar-refractivity contribution in [2.24, 2.45) is 17.8 Å². The summed E-state index contributed by atoms with van der Waals surface area (Å²) in [6, 6.07) is -0.173. The number of hydrogen-bond donors (Lipinski definition) is 2. The number of nitrogens with zero attached hydrogens (tertiary/aromatic N) is 1. The van der Waals surface area contributed by atoms with Crippen LogP contribution in [0.1, 0.15) is 20.3 Å². The van der Waals surface area contributed by atoms with Crippen LogP contribution in [0.3, 0.4) is 0 Å². The lowest BCUT2D eigenvalue weighted by molar-refractivity contribution is -0.143. The van der Waals surface area contributed by atoms with E-state index in [-0.39, 0.29) is 17.9 Å². The molecule has 2 heterocycles. The fraction of sp³-hybridized carbons (Fsp3) is 0.833. The van der Waals surface area contributed by atoms with E-state index in [1.165, 1.54) is 0 Å². The first-order chi connectivity index (χ1) is 8.02. The molecule has 17 heavy (non-hydrogen) atoms. The molecule has 0 aromatic rings. The maximum absolute atomic E-state index is 12.3. The minimum absolute atomic E-state index is 0.0185. The first kappa shape index (κ1) is 12.4. The van der Waals surface area contributed by atoms with Crippen LogP contribution < -0.4 is 5.32 Å². The van der Waals surface area contributed by atoms with Crippen LogP contribution in [0.25, 0.3) is 0 Å². The maximum atomic E-state index is 12.3. The lowest BCUT2D eigenvalue weighted by atomic mass is 9.96. The maximum Gasteiger partial charge on any atom is 0.308 e. The minimum Gasteiger partial charge on any atom is -0.481 e. The monoisotopic (exact) mass is 240 g/mol. The van der Waals surface area contributed by atoms with Crippen molar-refractivity contribution < 1.29 is 14.7 Å². The van der Waals surface area contributed by atoms with Gasteiger partial charge in [0.2, 0.25) is 5.91 Å². The lowest BCUT2D eigenvalue weighted by Gasteiger charge is -2.27. The first-order valence-electron chi connectivity index (χ1n) is 6.26. The molecule has 0 bridgehead atoms. The molecule has 0 aromatic heterocycles. The van der Waals surface area contributed by atoms with Crippen LogP contribution in [0.5, 0.6) is 0 Å². The Kier molecular flexibility index (Phi) is 3.38. The van der Waals surface area contributed by atoms with E-state index in [0.29, 0.717) is 18.9 Å². The van der Waals surface area contributed by atoms with E-state index < -0.39 is 11.9 Å². The second kappa shape index (κ2) is 4.64. The third-order valence-electron chi connectivity index (χ3n) is 4.19. The molecule has 5 nitrogen and oxygen atoms in total. The van der Waals surface area contributed by atoms with Gasteiger partial charge in [-0.3, -0.25) is 9.59 Å². The highest BCUT2D eigenvalue weighted by Gasteiger charge is 2.42. The Morgan fingerprint density at radius 1 is 1.24 bits per heavy atom. The molecule has 2 rings (SSSR count). The van der Waals surface area contributed by atoms with Crippen molar-refractivity contribution in [2.45, 2.75) is 26.3 Å². The Morgan fingerprint density at radius 2 is 1.94 bits per heavy atom. The Bertz CT molecular complexity index is 332. The molecule has 2 unspecified atom stereocenters. The molecule has 0 saturated carbocycles. The zero-order chi connectivity index (χ0) is 12.6. The molecule has 2 aliphatic rings. The molecule has 2 saturated heterocycles. The fourth-order valence-electron chi connectivity index (χ4n) is 2.93. The highest BCUT2D eigenvalue weighted by molar-refractivity contribution is 5.82. The van der Waals surface area contributed by atoms with E-state index in [1.54, 1.807) is 4.90 Å². The third kappa shape index (κ3) is 2.16. The van der Waals surface area contributed by atoms with Gasteiger partial charge in [0.15, 0.2) is 0 Å². The quantitative estimate of drug-likeness (QED) is 0.721. The van der Waals surface area contributed by atoms with Gasteiger partial charge in [0, 0.05) is 19.1 Å². The number of carboxylic acids is 1. The van der Waals surface area contributed by atoms with Gasteiger partial charge in [0.25, 0.3) is 0 Å². The predicted molar refractivity (Wildman–Crippen MR) is 62.4 cm³/mol. The number of carbonyl (C=O) groups is 2. The lowest BCUT2D eigenvalue weighted by Crippen LogP contribution is -2.42. The zero-order valence-electron chi connectivity index (χ0n) is 10.3. The molecule has 0 radical (unpaired) electrons. The molecule has 2 fully saturated rings. The zero-order valence-corrected chi connectivity index (χ0v) is 10.3. The van der Waals surface area contributed by atoms with E-state index in [0.717, 1.165) is 13.1 Å². The van der Waals surface area contributed by atoms with Gasteiger partial charge >= 0.3 is 5.97 Å². The molecule has 2 aliphatic heterocycles. The van der Waals surface area contributed by atoms with Crippen LogP contribution in [-0.4, -0.2) is 47.6 Å². The fourth-order valence-corrected chi connectivity index (χ4v) is 2.93. The molecule has 5 heteroatoms. The van der Waals surface area contributed by atoms with Crippen LogP contribution in [0.2, 0.25) is 0 Å². The summed E-state index contributed by atoms with van der Waals surface area (Å²) in [4.78, 5) is 25.1. The van der Waals surface area contributed by atoms with Crippen LogP contribution in [0.4, 0.5) is 0 Å². The van der Waals surface area contributed by atoms with Gasteiger partial charge in [-0.25, -0.2) is 0 Å². The standard InChI is InChI=1S/C12H20N2O3/c1-7-5-13-6-10(7)11(15)14-4-3-9(8(14)2)12(16)17/h7-10,13H,3-6H2,1-2H3,(H,16,17)/t7-,8?,9?,10-/m1/s1. The SMILES string of the molecule is CC1C(C(=O)O)CCN1C(=O)[C@@H]1CNC[C@H]1C. The Hall–Kier alpha value is -1.10. The van der Waals surface area contributed by atoms with E-state index >= 15 is 0 Å². The van der Waals surface area contributed by atoms with E-state index in [2.05, 4.69) is 12.2 Å². The van der Waals surface area contributed by atoms with E-state index in [1.807, 2.05) is 6.92 Å². The van der Waals surface area contributed by atoms with Crippen molar-refractivity contribution in [1.82, 2.24) is 10.2 Å². The van der Waals surface area contributed by atoms with Crippen molar-refractivity contribution >= 4 is 11.9 Å². The van der Waals surface area contributed by atoms with Crippen LogP contribution >= 0.6 is 0 Å². The number of nitrogens with one attached hydrogen (secondary N) is 1. The van der Waals surface area contributed by atoms with Crippen molar-refractivity contribution in [3.8, 4) is 0 Å². The molecule has 2 N–H and O–H groups in total. The van der Waals surface area contributed by atoms with Gasteiger partial charge in [-0.2, -0.15) is 0 Å². The van der Waals surface area contributed by atoms with Crippen LogP contribution in [-0.2, 0) is 9.59 Å². The molecule has 1 amide bonds. The Labute approximate surface area is 101 Å². The van der Waals surface area contributed by atoms with Crippen molar-refractivity contribution in [2.75, 3.05) is 19.6 Å². The summed E-state index contributed by atoms with van der Waals surface area (Å²) in [5.41, 5.74) is 0. The summed E-state index contributed by atoms with van der Waals surface area (Å²) in [7, 11) is 0. The number of carboxylic acid groups (broad SMARTS) is 1. The number of rotatable bonds is 2. The van der Waals surface area contributed by atoms with E-state index in [9.17, 15) is 9.59 Å². The third-order valence-corrected chi connectivity index (χ3v) is 4.19. The normalized spacial score (nSPS) is 37.4. The summed E-state index contributed by atoms with van der Waals surface area (Å²) in [5.74, 6) is -0.698. The second-order valence-electron chi connectivity index (χ2n) is 5.25. The summed E-state index contributed by atoms with van der Waals surface area (Å²) < 4.78 is 0. The highest BCUT2D eigenvalue weighted by atomic mass is 16.4. The average Bonchev–Trinajstić information content (AvgIpc) is 2.83. The number of carbonyl (C=O) groups excluding carboxylic acids is 1. The van der Waals surface area contributed by atoms with Crippen molar-refractivity contribution in [3.05, 3.63) is 0 Å². The number of hydrogen-bond acceptors (Lipinski definition) is 3. The predicted octanol–water partition coefficient (Wildman–Crippen LogP) is 0.164. The van der Waals surface area contributed by atoms with Crippen LogP contribution in [0.15, 0.2) is 0 Å². The van der Waals surface area contributed by atoms with E-state index in [4.69, 9.17) is 5.11 Å². The van der Waals surface area contributed by atoms with Crippen molar-refractivity contribution in [1.29, 1.82) is 0 Å². The number of amides is 1. The van der Waals surface area contributed by atoms with Gasteiger partial charge in [-0.05, 0) is 25.8 Å². The van der Waals surface area contributed by atoms with Gasteiger partial charge in [0.1, 0.15) is 0 Å². The highest BCUT2D eigenvalue weighted by Crippen LogP contribution is 2.28. The summed E-state index contributed by atoms with van der Waals surface area (Å²) in [6.45, 7) is 6.09. The van der Waals surface area contributed by atoms with Gasteiger partial charge < -0.3 is 15.3 Å².